The van der Waals surface area contributed by atoms with E-state index in [0.717, 1.165) is 5.56 Å². The van der Waals surface area contributed by atoms with Crippen molar-refractivity contribution in [2.45, 2.75) is 32.4 Å². The fourth-order valence-electron chi connectivity index (χ4n) is 3.44. The minimum Gasteiger partial charge on any atom is -0.373 e. The molecular formula is C20H23N5O3. The number of hydrogen-bond acceptors (Lipinski definition) is 6. The van der Waals surface area contributed by atoms with Crippen LogP contribution in [-0.4, -0.2) is 39.0 Å². The third-order valence-electron chi connectivity index (χ3n) is 4.81. The highest BCUT2D eigenvalue weighted by Gasteiger charge is 2.35. The van der Waals surface area contributed by atoms with E-state index in [1.807, 2.05) is 29.1 Å². The van der Waals surface area contributed by atoms with E-state index in [-0.39, 0.29) is 17.9 Å². The van der Waals surface area contributed by atoms with Crippen LogP contribution < -0.4 is 5.32 Å². The second kappa shape index (κ2) is 8.35. The maximum Gasteiger partial charge on any atom is 0.228 e. The lowest BCUT2D eigenvalue weighted by Crippen LogP contribution is -2.33. The first-order valence-corrected chi connectivity index (χ1v) is 9.44. The molecule has 0 radical (unpaired) electrons. The Kier molecular flexibility index (Phi) is 5.48. The largest absolute Gasteiger partial charge is 0.373 e. The Morgan fingerprint density at radius 2 is 2.18 bits per heavy atom. The molecule has 0 bridgehead atoms. The van der Waals surface area contributed by atoms with Crippen molar-refractivity contribution in [3.8, 4) is 0 Å². The molecule has 3 aromatic rings. The Balaban J connectivity index is 1.34. The first kappa shape index (κ1) is 18.4. The molecule has 2 aromatic heterocycles. The second-order valence-electron chi connectivity index (χ2n) is 6.92. The van der Waals surface area contributed by atoms with Crippen LogP contribution in [0, 0.1) is 12.8 Å². The van der Waals surface area contributed by atoms with E-state index in [1.54, 1.807) is 13.1 Å². The molecule has 2 atom stereocenters. The molecule has 8 heteroatoms. The first-order valence-electron chi connectivity index (χ1n) is 9.44. The predicted octanol–water partition coefficient (Wildman–Crippen LogP) is 2.06. The van der Waals surface area contributed by atoms with Crippen LogP contribution in [0.15, 0.2) is 47.2 Å². The van der Waals surface area contributed by atoms with Gasteiger partial charge in [0.1, 0.15) is 0 Å². The number of nitrogens with one attached hydrogen (secondary N) is 1. The standard InChI is InChI=1S/C20H23N5O3/c1-14-23-18(28-24-14)7-9-21-20(26)17-8-10-27-19(17)16-11-22-25(13-16)12-15-5-3-2-4-6-15/h2-6,11,13,17,19H,7-10,12H2,1H3,(H,21,26)/t17-,19+/m0/s1. The number of rotatable bonds is 7. The number of aromatic nitrogens is 4. The molecule has 0 saturated carbocycles. The summed E-state index contributed by atoms with van der Waals surface area (Å²) in [6.07, 6.45) is 4.69. The van der Waals surface area contributed by atoms with E-state index in [0.29, 0.717) is 44.3 Å². The third kappa shape index (κ3) is 4.28. The van der Waals surface area contributed by atoms with E-state index < -0.39 is 0 Å². The van der Waals surface area contributed by atoms with Crippen LogP contribution in [0.25, 0.3) is 0 Å². The zero-order chi connectivity index (χ0) is 19.3. The Labute approximate surface area is 162 Å². The highest BCUT2D eigenvalue weighted by atomic mass is 16.5. The van der Waals surface area contributed by atoms with Gasteiger partial charge in [-0.15, -0.1) is 0 Å². The number of nitrogens with zero attached hydrogens (tertiary/aromatic N) is 4. The minimum atomic E-state index is -0.268. The normalized spacial score (nSPS) is 19.0. The maximum atomic E-state index is 12.6. The Hall–Kier alpha value is -3.00. The van der Waals surface area contributed by atoms with Crippen molar-refractivity contribution >= 4 is 5.91 Å². The summed E-state index contributed by atoms with van der Waals surface area (Å²) in [5, 5.41) is 11.1. The van der Waals surface area contributed by atoms with Gasteiger partial charge in [-0.3, -0.25) is 9.48 Å². The fourth-order valence-corrected chi connectivity index (χ4v) is 3.44. The first-order chi connectivity index (χ1) is 13.7. The minimum absolute atomic E-state index is 0.0189. The lowest BCUT2D eigenvalue weighted by atomic mass is 9.96. The van der Waals surface area contributed by atoms with Crippen LogP contribution in [0.5, 0.6) is 0 Å². The number of ether oxygens (including phenoxy) is 1. The van der Waals surface area contributed by atoms with Crippen LogP contribution in [-0.2, 0) is 22.5 Å². The maximum absolute atomic E-state index is 12.6. The number of carbonyl (C=O) groups excluding carboxylic acids is 1. The third-order valence-corrected chi connectivity index (χ3v) is 4.81. The quantitative estimate of drug-likeness (QED) is 0.673. The number of aryl methyl sites for hydroxylation is 1. The van der Waals surface area contributed by atoms with E-state index in [1.165, 1.54) is 5.56 Å². The van der Waals surface area contributed by atoms with Crippen LogP contribution >= 0.6 is 0 Å². The molecule has 1 aliphatic heterocycles. The number of benzene rings is 1. The van der Waals surface area contributed by atoms with E-state index in [9.17, 15) is 4.79 Å². The van der Waals surface area contributed by atoms with Gasteiger partial charge in [0.05, 0.1) is 24.8 Å². The summed E-state index contributed by atoms with van der Waals surface area (Å²) in [4.78, 5) is 16.8. The molecule has 1 aliphatic rings. The fraction of sp³-hybridized carbons (Fsp3) is 0.400. The molecule has 0 spiro atoms. The van der Waals surface area contributed by atoms with Gasteiger partial charge in [-0.05, 0) is 18.9 Å². The van der Waals surface area contributed by atoms with E-state index in [4.69, 9.17) is 9.26 Å². The predicted molar refractivity (Wildman–Crippen MR) is 100 cm³/mol. The smallest absolute Gasteiger partial charge is 0.228 e. The summed E-state index contributed by atoms with van der Waals surface area (Å²) in [5.74, 6) is 0.880. The zero-order valence-corrected chi connectivity index (χ0v) is 15.7. The molecule has 28 heavy (non-hydrogen) atoms. The Bertz CT molecular complexity index is 921. The summed E-state index contributed by atoms with van der Waals surface area (Å²) < 4.78 is 12.8. The molecule has 1 fully saturated rings. The van der Waals surface area contributed by atoms with Crippen molar-refractivity contribution in [3.63, 3.8) is 0 Å². The van der Waals surface area contributed by atoms with Crippen LogP contribution in [0.3, 0.4) is 0 Å². The highest BCUT2D eigenvalue weighted by Crippen LogP contribution is 2.34. The van der Waals surface area contributed by atoms with Crippen molar-refractivity contribution < 1.29 is 14.1 Å². The zero-order valence-electron chi connectivity index (χ0n) is 15.7. The van der Waals surface area contributed by atoms with Gasteiger partial charge in [0.2, 0.25) is 11.8 Å². The van der Waals surface area contributed by atoms with Gasteiger partial charge >= 0.3 is 0 Å². The molecule has 1 amide bonds. The van der Waals surface area contributed by atoms with Gasteiger partial charge < -0.3 is 14.6 Å². The topological polar surface area (TPSA) is 95.1 Å². The van der Waals surface area contributed by atoms with Crippen LogP contribution in [0.1, 0.15) is 35.4 Å². The molecule has 1 saturated heterocycles. The lowest BCUT2D eigenvalue weighted by Gasteiger charge is -2.16. The lowest BCUT2D eigenvalue weighted by molar-refractivity contribution is -0.126. The summed E-state index contributed by atoms with van der Waals surface area (Å²) in [5.41, 5.74) is 2.11. The number of hydrogen-bond donors (Lipinski definition) is 1. The van der Waals surface area contributed by atoms with Crippen molar-refractivity contribution in [1.82, 2.24) is 25.2 Å². The Morgan fingerprint density at radius 1 is 1.32 bits per heavy atom. The van der Waals surface area contributed by atoms with Crippen molar-refractivity contribution in [2.24, 2.45) is 5.92 Å². The highest BCUT2D eigenvalue weighted by molar-refractivity contribution is 5.79. The van der Waals surface area contributed by atoms with E-state index >= 15 is 0 Å². The summed E-state index contributed by atoms with van der Waals surface area (Å²) >= 11 is 0. The van der Waals surface area contributed by atoms with Gasteiger partial charge in [-0.2, -0.15) is 10.1 Å². The molecule has 3 heterocycles. The molecule has 8 nitrogen and oxygen atoms in total. The molecule has 0 aliphatic carbocycles. The van der Waals surface area contributed by atoms with E-state index in [2.05, 4.69) is 32.7 Å². The molecule has 0 unspecified atom stereocenters. The van der Waals surface area contributed by atoms with Crippen LogP contribution in [0.2, 0.25) is 0 Å². The van der Waals surface area contributed by atoms with Gasteiger partial charge in [0, 0.05) is 31.3 Å². The molecule has 1 aromatic carbocycles. The molecule has 1 N–H and O–H groups in total. The van der Waals surface area contributed by atoms with Gasteiger partial charge in [0.15, 0.2) is 5.82 Å². The van der Waals surface area contributed by atoms with Crippen molar-refractivity contribution in [2.75, 3.05) is 13.2 Å². The average Bonchev–Trinajstić information content (AvgIpc) is 3.43. The SMILES string of the molecule is Cc1noc(CCNC(=O)[C@H]2CCO[C@@H]2c2cnn(Cc3ccccc3)c2)n1. The van der Waals surface area contributed by atoms with Gasteiger partial charge in [-0.1, -0.05) is 35.5 Å². The summed E-state index contributed by atoms with van der Waals surface area (Å²) in [6.45, 7) is 3.48. The number of amides is 1. The molecule has 4 rings (SSSR count). The van der Waals surface area contributed by atoms with Crippen molar-refractivity contribution in [1.29, 1.82) is 0 Å². The van der Waals surface area contributed by atoms with Crippen molar-refractivity contribution in [3.05, 3.63) is 65.6 Å². The number of carbonyl (C=O) groups is 1. The Morgan fingerprint density at radius 3 is 2.96 bits per heavy atom. The van der Waals surface area contributed by atoms with Crippen LogP contribution in [0.4, 0.5) is 0 Å². The average molecular weight is 381 g/mol. The molecular weight excluding hydrogens is 358 g/mol. The monoisotopic (exact) mass is 381 g/mol. The van der Waals surface area contributed by atoms with Gasteiger partial charge in [0.25, 0.3) is 0 Å². The van der Waals surface area contributed by atoms with Gasteiger partial charge in [-0.25, -0.2) is 0 Å². The second-order valence-corrected chi connectivity index (χ2v) is 6.92. The summed E-state index contributed by atoms with van der Waals surface area (Å²) in [6, 6.07) is 10.1. The molecule has 146 valence electrons. The summed E-state index contributed by atoms with van der Waals surface area (Å²) in [7, 11) is 0.